The predicted molar refractivity (Wildman–Crippen MR) is 125 cm³/mol. The first-order valence-electron chi connectivity index (χ1n) is 10.8. The number of piperidine rings is 1. The van der Waals surface area contributed by atoms with E-state index >= 15 is 0 Å². The van der Waals surface area contributed by atoms with Crippen molar-refractivity contribution in [1.29, 1.82) is 0 Å². The molecule has 1 aliphatic heterocycles. The number of hydrogen-bond donors (Lipinski definition) is 2. The van der Waals surface area contributed by atoms with Gasteiger partial charge in [-0.2, -0.15) is 0 Å². The Balaban J connectivity index is 1.48. The average Bonchev–Trinajstić information content (AvgIpc) is 3.45. The zero-order valence-corrected chi connectivity index (χ0v) is 19.2. The summed E-state index contributed by atoms with van der Waals surface area (Å²) in [6, 6.07) is 11.8. The molecule has 0 atom stereocenters. The van der Waals surface area contributed by atoms with E-state index < -0.39 is 0 Å². The minimum atomic E-state index is -0.102. The van der Waals surface area contributed by atoms with Crippen LogP contribution in [0.25, 0.3) is 0 Å². The van der Waals surface area contributed by atoms with E-state index in [1.807, 2.05) is 30.3 Å². The Morgan fingerprint density at radius 2 is 1.83 bits per heavy atom. The van der Waals surface area contributed by atoms with Crippen LogP contribution in [-0.2, 0) is 0 Å². The molecule has 0 unspecified atom stereocenters. The number of anilines is 2. The Morgan fingerprint density at radius 1 is 1.10 bits per heavy atom. The van der Waals surface area contributed by atoms with Gasteiger partial charge in [-0.15, -0.1) is 0 Å². The summed E-state index contributed by atoms with van der Waals surface area (Å²) in [6.45, 7) is 10.5. The summed E-state index contributed by atoms with van der Waals surface area (Å²) in [5.41, 5.74) is 3.54. The maximum atomic E-state index is 13.2. The first-order valence-corrected chi connectivity index (χ1v) is 11.6. The number of nitrogens with one attached hydrogen (secondary N) is 2. The Hall–Kier alpha value is -2.05. The zero-order valence-electron chi connectivity index (χ0n) is 18.4. The molecule has 2 heterocycles. The molecule has 2 aliphatic rings. The van der Waals surface area contributed by atoms with Crippen LogP contribution in [0.1, 0.15) is 62.4 Å². The Kier molecular flexibility index (Phi) is 5.82. The molecule has 1 spiro atoms. The lowest BCUT2D eigenvalue weighted by Crippen LogP contribution is -2.35. The third kappa shape index (κ3) is 5.16. The summed E-state index contributed by atoms with van der Waals surface area (Å²) in [5.74, 6) is 0.470. The third-order valence-electron chi connectivity index (χ3n) is 5.95. The van der Waals surface area contributed by atoms with Gasteiger partial charge in [0.25, 0.3) is 5.91 Å². The lowest BCUT2D eigenvalue weighted by atomic mass is 9.92. The molecule has 30 heavy (non-hydrogen) atoms. The monoisotopic (exact) mass is 424 g/mol. The summed E-state index contributed by atoms with van der Waals surface area (Å²) in [4.78, 5) is 20.1. The first-order chi connectivity index (χ1) is 14.2. The summed E-state index contributed by atoms with van der Waals surface area (Å²) >= 11 is 1.48. The van der Waals surface area contributed by atoms with Crippen molar-refractivity contribution in [3.63, 3.8) is 0 Å². The van der Waals surface area contributed by atoms with E-state index in [-0.39, 0.29) is 11.4 Å². The van der Waals surface area contributed by atoms with Crippen molar-refractivity contribution in [2.75, 3.05) is 23.3 Å². The summed E-state index contributed by atoms with van der Waals surface area (Å²) in [6.07, 6.45) is 5.24. The fourth-order valence-electron chi connectivity index (χ4n) is 3.92. The van der Waals surface area contributed by atoms with Gasteiger partial charge in [0, 0.05) is 24.3 Å². The molecule has 2 aromatic rings. The van der Waals surface area contributed by atoms with Gasteiger partial charge in [-0.3, -0.25) is 9.52 Å². The SMILES string of the molecule is Cc1ccc(C(=O)Nc2cccc(SNC(C)(C)C)n2)c(N2CCC3(CC2)CC3)c1. The average molecular weight is 425 g/mol. The molecule has 1 amide bonds. The quantitative estimate of drug-likeness (QED) is 0.628. The van der Waals surface area contributed by atoms with Gasteiger partial charge in [0.15, 0.2) is 0 Å². The number of benzene rings is 1. The number of rotatable bonds is 5. The first kappa shape index (κ1) is 21.2. The van der Waals surface area contributed by atoms with E-state index in [1.165, 1.54) is 43.2 Å². The largest absolute Gasteiger partial charge is 0.371 e. The molecule has 5 nitrogen and oxygen atoms in total. The van der Waals surface area contributed by atoms with Crippen LogP contribution in [-0.4, -0.2) is 29.5 Å². The van der Waals surface area contributed by atoms with E-state index in [0.717, 1.165) is 29.4 Å². The van der Waals surface area contributed by atoms with Crippen LogP contribution in [0, 0.1) is 12.3 Å². The molecule has 1 aromatic carbocycles. The Labute approximate surface area is 184 Å². The molecule has 4 rings (SSSR count). The zero-order chi connectivity index (χ0) is 21.4. The number of nitrogens with zero attached hydrogens (tertiary/aromatic N) is 2. The third-order valence-corrected chi connectivity index (χ3v) is 7.10. The minimum Gasteiger partial charge on any atom is -0.371 e. The Morgan fingerprint density at radius 3 is 2.50 bits per heavy atom. The molecular weight excluding hydrogens is 392 g/mol. The standard InChI is InChI=1S/C24H32N4OS/c1-17-8-9-18(19(16-17)28-14-12-24(10-11-24)13-15-28)22(29)26-20-6-5-7-21(25-20)30-27-23(2,3)4/h5-9,16,27H,10-15H2,1-4H3,(H,25,26,29). The summed E-state index contributed by atoms with van der Waals surface area (Å²) in [7, 11) is 0. The van der Waals surface area contributed by atoms with Crippen LogP contribution in [0.5, 0.6) is 0 Å². The van der Waals surface area contributed by atoms with Crippen LogP contribution in [0.4, 0.5) is 11.5 Å². The van der Waals surface area contributed by atoms with Crippen LogP contribution in [0.15, 0.2) is 41.4 Å². The summed E-state index contributed by atoms with van der Waals surface area (Å²) < 4.78 is 3.36. The van der Waals surface area contributed by atoms with Gasteiger partial charge in [-0.05, 0) is 101 Å². The molecule has 2 N–H and O–H groups in total. The number of pyridine rings is 1. The van der Waals surface area contributed by atoms with Gasteiger partial charge < -0.3 is 10.2 Å². The highest BCUT2D eigenvalue weighted by Crippen LogP contribution is 2.54. The van der Waals surface area contributed by atoms with E-state index in [1.54, 1.807) is 0 Å². The molecule has 0 radical (unpaired) electrons. The molecular formula is C24H32N4OS. The van der Waals surface area contributed by atoms with Gasteiger partial charge in [-0.1, -0.05) is 12.1 Å². The number of hydrogen-bond acceptors (Lipinski definition) is 5. The lowest BCUT2D eigenvalue weighted by Gasteiger charge is -2.35. The number of carbonyl (C=O) groups excluding carboxylic acids is 1. The second kappa shape index (κ2) is 8.23. The van der Waals surface area contributed by atoms with Crippen molar-refractivity contribution in [2.45, 2.75) is 63.9 Å². The normalized spacial score (nSPS) is 17.8. The minimum absolute atomic E-state index is 0.0180. The summed E-state index contributed by atoms with van der Waals surface area (Å²) in [5, 5.41) is 3.84. The highest BCUT2D eigenvalue weighted by Gasteiger charge is 2.44. The lowest BCUT2D eigenvalue weighted by molar-refractivity contribution is 0.102. The van der Waals surface area contributed by atoms with E-state index in [2.05, 4.69) is 53.7 Å². The van der Waals surface area contributed by atoms with Crippen molar-refractivity contribution in [1.82, 2.24) is 9.71 Å². The van der Waals surface area contributed by atoms with Crippen molar-refractivity contribution >= 4 is 29.4 Å². The molecule has 160 valence electrons. The fraction of sp³-hybridized carbons (Fsp3) is 0.500. The number of amides is 1. The molecule has 6 heteroatoms. The van der Waals surface area contributed by atoms with Gasteiger partial charge in [0.05, 0.1) is 5.56 Å². The highest BCUT2D eigenvalue weighted by molar-refractivity contribution is 7.97. The topological polar surface area (TPSA) is 57.3 Å². The van der Waals surface area contributed by atoms with Crippen molar-refractivity contribution in [3.05, 3.63) is 47.5 Å². The molecule has 1 saturated carbocycles. The maximum Gasteiger partial charge on any atom is 0.258 e. The second-order valence-electron chi connectivity index (χ2n) is 9.78. The van der Waals surface area contributed by atoms with E-state index in [9.17, 15) is 4.79 Å². The smallest absolute Gasteiger partial charge is 0.258 e. The second-order valence-corrected chi connectivity index (χ2v) is 10.6. The fourth-order valence-corrected chi connectivity index (χ4v) is 4.63. The molecule has 1 saturated heterocycles. The molecule has 2 fully saturated rings. The predicted octanol–water partition coefficient (Wildman–Crippen LogP) is 5.42. The van der Waals surface area contributed by atoms with Crippen LogP contribution in [0.2, 0.25) is 0 Å². The van der Waals surface area contributed by atoms with Crippen molar-refractivity contribution in [2.24, 2.45) is 5.41 Å². The molecule has 1 aliphatic carbocycles. The molecule has 0 bridgehead atoms. The highest BCUT2D eigenvalue weighted by atomic mass is 32.2. The van der Waals surface area contributed by atoms with Crippen LogP contribution >= 0.6 is 11.9 Å². The number of aromatic nitrogens is 1. The van der Waals surface area contributed by atoms with Crippen LogP contribution < -0.4 is 14.9 Å². The molecule has 1 aromatic heterocycles. The van der Waals surface area contributed by atoms with E-state index in [0.29, 0.717) is 11.2 Å². The van der Waals surface area contributed by atoms with Crippen molar-refractivity contribution in [3.8, 4) is 0 Å². The van der Waals surface area contributed by atoms with Crippen LogP contribution in [0.3, 0.4) is 0 Å². The Bertz CT molecular complexity index is 923. The van der Waals surface area contributed by atoms with Gasteiger partial charge in [-0.25, -0.2) is 4.98 Å². The maximum absolute atomic E-state index is 13.2. The number of carbonyl (C=O) groups is 1. The van der Waals surface area contributed by atoms with Gasteiger partial charge in [0.1, 0.15) is 10.8 Å². The van der Waals surface area contributed by atoms with Gasteiger partial charge >= 0.3 is 0 Å². The van der Waals surface area contributed by atoms with E-state index in [4.69, 9.17) is 0 Å². The van der Waals surface area contributed by atoms with Gasteiger partial charge in [0.2, 0.25) is 0 Å². The van der Waals surface area contributed by atoms with Crippen molar-refractivity contribution < 1.29 is 4.79 Å². The number of aryl methyl sites for hydroxylation is 1.